The number of rotatable bonds is 5. The molecule has 182 valence electrons. The van der Waals surface area contributed by atoms with E-state index >= 15 is 0 Å². The molecule has 5 rings (SSSR count). The average Bonchev–Trinajstić information content (AvgIpc) is 3.22. The van der Waals surface area contributed by atoms with E-state index in [9.17, 15) is 9.59 Å². The zero-order chi connectivity index (χ0) is 24.5. The molecule has 0 spiro atoms. The monoisotopic (exact) mass is 471 g/mol. The first-order valence-electron chi connectivity index (χ1n) is 11.1. The van der Waals surface area contributed by atoms with Crippen molar-refractivity contribution in [2.45, 2.75) is 38.2 Å². The SMILES string of the molecule is CC(C)(O)C(N)=O.O=C(O)O[C@H]1[C@@H]2CN(Cc3ccc([C@H]4COc5cccnc5O4)cc3)C[C@@H]21. The summed E-state index contributed by atoms with van der Waals surface area (Å²) in [6.45, 7) is 5.81. The van der Waals surface area contributed by atoms with E-state index in [1.165, 1.54) is 19.4 Å². The highest BCUT2D eigenvalue weighted by atomic mass is 16.7. The van der Waals surface area contributed by atoms with Crippen molar-refractivity contribution in [2.24, 2.45) is 17.6 Å². The van der Waals surface area contributed by atoms with Gasteiger partial charge in [-0.25, -0.2) is 9.78 Å². The number of carboxylic acid groups (broad SMARTS) is 1. The first kappa shape index (κ1) is 23.8. The van der Waals surface area contributed by atoms with Crippen LogP contribution in [0.1, 0.15) is 31.1 Å². The van der Waals surface area contributed by atoms with Gasteiger partial charge in [-0.1, -0.05) is 24.3 Å². The molecule has 10 nitrogen and oxygen atoms in total. The van der Waals surface area contributed by atoms with E-state index in [0.29, 0.717) is 30.1 Å². The fourth-order valence-electron chi connectivity index (χ4n) is 4.15. The molecular formula is C24H29N3O7. The normalized spacial score (nSPS) is 24.9. The summed E-state index contributed by atoms with van der Waals surface area (Å²) in [5.41, 5.74) is 5.61. The summed E-state index contributed by atoms with van der Waals surface area (Å²) in [5.74, 6) is 1.24. The number of carbonyl (C=O) groups excluding carboxylic acids is 1. The lowest BCUT2D eigenvalue weighted by Gasteiger charge is -2.26. The number of amides is 1. The molecule has 1 aromatic carbocycles. The number of carbonyl (C=O) groups is 2. The second-order valence-corrected chi connectivity index (χ2v) is 9.26. The fraction of sp³-hybridized carbons (Fsp3) is 0.458. The number of benzene rings is 1. The smallest absolute Gasteiger partial charge is 0.484 e. The number of pyridine rings is 1. The van der Waals surface area contributed by atoms with Gasteiger partial charge < -0.3 is 30.2 Å². The van der Waals surface area contributed by atoms with E-state index in [1.807, 2.05) is 12.1 Å². The second kappa shape index (κ2) is 9.47. The van der Waals surface area contributed by atoms with E-state index in [0.717, 1.165) is 25.2 Å². The van der Waals surface area contributed by atoms with Gasteiger partial charge in [-0.05, 0) is 37.1 Å². The topological polar surface area (TPSA) is 144 Å². The molecule has 1 amide bonds. The summed E-state index contributed by atoms with van der Waals surface area (Å²) in [6, 6.07) is 12.1. The van der Waals surface area contributed by atoms with E-state index in [1.54, 1.807) is 6.20 Å². The second-order valence-electron chi connectivity index (χ2n) is 9.26. The van der Waals surface area contributed by atoms with Crippen LogP contribution in [0.25, 0.3) is 0 Å². The molecule has 1 saturated carbocycles. The highest BCUT2D eigenvalue weighted by Crippen LogP contribution is 2.48. The van der Waals surface area contributed by atoms with Gasteiger partial charge in [0.1, 0.15) is 18.3 Å². The van der Waals surface area contributed by atoms with Crippen LogP contribution in [-0.2, 0) is 16.1 Å². The van der Waals surface area contributed by atoms with Crippen molar-refractivity contribution >= 4 is 12.1 Å². The van der Waals surface area contributed by atoms with Crippen molar-refractivity contribution < 1.29 is 34.0 Å². The summed E-state index contributed by atoms with van der Waals surface area (Å²) in [6.07, 6.45) is 0.277. The molecule has 4 N–H and O–H groups in total. The molecule has 3 heterocycles. The Morgan fingerprint density at radius 2 is 1.85 bits per heavy atom. The van der Waals surface area contributed by atoms with Crippen LogP contribution in [0, 0.1) is 11.8 Å². The Bertz CT molecular complexity index is 1030. The van der Waals surface area contributed by atoms with Crippen molar-refractivity contribution in [1.82, 2.24) is 9.88 Å². The number of likely N-dealkylation sites (tertiary alicyclic amines) is 1. The summed E-state index contributed by atoms with van der Waals surface area (Å²) >= 11 is 0. The maximum absolute atomic E-state index is 10.6. The van der Waals surface area contributed by atoms with Gasteiger partial charge in [0.25, 0.3) is 5.88 Å². The minimum absolute atomic E-state index is 0.0962. The van der Waals surface area contributed by atoms with Gasteiger partial charge >= 0.3 is 6.16 Å². The average molecular weight is 472 g/mol. The lowest BCUT2D eigenvalue weighted by molar-refractivity contribution is -0.132. The highest BCUT2D eigenvalue weighted by Gasteiger charge is 2.58. The molecule has 1 aliphatic carbocycles. The third-order valence-electron chi connectivity index (χ3n) is 6.17. The number of aromatic nitrogens is 1. The van der Waals surface area contributed by atoms with E-state index < -0.39 is 17.7 Å². The number of hydrogen-bond acceptors (Lipinski definition) is 8. The van der Waals surface area contributed by atoms with Gasteiger partial charge in [0.2, 0.25) is 5.91 Å². The molecule has 0 unspecified atom stereocenters. The van der Waals surface area contributed by atoms with Crippen molar-refractivity contribution in [3.8, 4) is 11.6 Å². The number of primary amides is 1. The Morgan fingerprint density at radius 1 is 1.21 bits per heavy atom. The van der Waals surface area contributed by atoms with E-state index in [2.05, 4.69) is 39.9 Å². The van der Waals surface area contributed by atoms with Crippen LogP contribution in [0.15, 0.2) is 42.6 Å². The summed E-state index contributed by atoms with van der Waals surface area (Å²) in [5, 5.41) is 17.3. The van der Waals surface area contributed by atoms with Crippen molar-refractivity contribution in [1.29, 1.82) is 0 Å². The highest BCUT2D eigenvalue weighted by molar-refractivity contribution is 5.81. The first-order valence-corrected chi connectivity index (χ1v) is 11.1. The number of nitrogens with two attached hydrogens (primary N) is 1. The van der Waals surface area contributed by atoms with E-state index in [4.69, 9.17) is 24.4 Å². The van der Waals surface area contributed by atoms with Crippen molar-refractivity contribution in [2.75, 3.05) is 19.7 Å². The molecule has 0 radical (unpaired) electrons. The van der Waals surface area contributed by atoms with Crippen molar-refractivity contribution in [3.63, 3.8) is 0 Å². The molecule has 1 aromatic heterocycles. The quantitative estimate of drug-likeness (QED) is 0.557. The van der Waals surface area contributed by atoms with Crippen LogP contribution >= 0.6 is 0 Å². The largest absolute Gasteiger partial charge is 0.506 e. The van der Waals surface area contributed by atoms with Gasteiger partial charge in [-0.15, -0.1) is 0 Å². The van der Waals surface area contributed by atoms with Gasteiger partial charge in [0.15, 0.2) is 11.9 Å². The number of nitrogens with zero attached hydrogens (tertiary/aromatic N) is 2. The number of piperidine rings is 1. The Balaban J connectivity index is 0.000000344. The van der Waals surface area contributed by atoms with Gasteiger partial charge in [-0.2, -0.15) is 0 Å². The zero-order valence-corrected chi connectivity index (χ0v) is 19.1. The standard InChI is InChI=1S/C20H20N2O5.C4H9NO2/c23-20(24)27-18-14-9-22(10-15(14)18)8-12-3-5-13(6-4-12)17-11-25-16-2-1-7-21-19(16)26-17;1-4(2,7)3(5)6/h1-7,14-15,17-18H,8-11H2,(H,23,24);7H,1-2H3,(H2,5,6)/t14-,15+,17-,18+;/m1./s1. The molecule has 0 bridgehead atoms. The van der Waals surface area contributed by atoms with Crippen LogP contribution in [0.5, 0.6) is 11.6 Å². The van der Waals surface area contributed by atoms with Gasteiger partial charge in [0, 0.05) is 37.7 Å². The van der Waals surface area contributed by atoms with Crippen LogP contribution < -0.4 is 15.2 Å². The molecule has 10 heteroatoms. The number of ether oxygens (including phenoxy) is 3. The summed E-state index contributed by atoms with van der Waals surface area (Å²) in [4.78, 5) is 27.2. The molecule has 1 saturated heterocycles. The lowest BCUT2D eigenvalue weighted by atomic mass is 10.1. The van der Waals surface area contributed by atoms with Crippen LogP contribution in [0.3, 0.4) is 0 Å². The zero-order valence-electron chi connectivity index (χ0n) is 19.1. The maximum Gasteiger partial charge on any atom is 0.506 e. The van der Waals surface area contributed by atoms with Gasteiger partial charge in [0.05, 0.1) is 0 Å². The van der Waals surface area contributed by atoms with Crippen LogP contribution in [0.2, 0.25) is 0 Å². The Kier molecular flexibility index (Phi) is 6.63. The summed E-state index contributed by atoms with van der Waals surface area (Å²) in [7, 11) is 0. The number of hydrogen-bond donors (Lipinski definition) is 3. The molecular weight excluding hydrogens is 442 g/mol. The van der Waals surface area contributed by atoms with Crippen molar-refractivity contribution in [3.05, 3.63) is 53.7 Å². The molecule has 34 heavy (non-hydrogen) atoms. The Hall–Kier alpha value is -3.37. The molecule has 2 aliphatic heterocycles. The molecule has 4 atom stereocenters. The predicted molar refractivity (Wildman–Crippen MR) is 120 cm³/mol. The Morgan fingerprint density at radius 3 is 2.44 bits per heavy atom. The first-order chi connectivity index (χ1) is 16.1. The van der Waals surface area contributed by atoms with Gasteiger partial charge in [-0.3, -0.25) is 9.69 Å². The number of fused-ring (bicyclic) bond motifs is 2. The third kappa shape index (κ3) is 5.57. The molecule has 2 aromatic rings. The third-order valence-corrected chi connectivity index (χ3v) is 6.17. The van der Waals surface area contributed by atoms with E-state index in [-0.39, 0.29) is 12.2 Å². The fourth-order valence-corrected chi connectivity index (χ4v) is 4.15. The molecule has 3 aliphatic rings. The maximum atomic E-state index is 10.6. The van der Waals surface area contributed by atoms with Crippen LogP contribution in [-0.4, -0.2) is 63.6 Å². The minimum atomic E-state index is -1.36. The lowest BCUT2D eigenvalue weighted by Crippen LogP contribution is -2.37. The predicted octanol–water partition coefficient (Wildman–Crippen LogP) is 1.96. The molecule has 2 fully saturated rings. The van der Waals surface area contributed by atoms with Crippen LogP contribution in [0.4, 0.5) is 4.79 Å². The minimum Gasteiger partial charge on any atom is -0.484 e. The summed E-state index contributed by atoms with van der Waals surface area (Å²) < 4.78 is 16.6. The Labute approximate surface area is 197 Å². The number of aliphatic hydroxyl groups is 1.